The molecule has 0 unspecified atom stereocenters. The Kier molecular flexibility index (Phi) is 2.99. The second kappa shape index (κ2) is 4.69. The molecule has 0 amide bonds. The van der Waals surface area contributed by atoms with Crippen molar-refractivity contribution in [3.8, 4) is 17.1 Å². The van der Waals surface area contributed by atoms with E-state index in [4.69, 9.17) is 16.0 Å². The van der Waals surface area contributed by atoms with Crippen molar-refractivity contribution in [2.75, 3.05) is 0 Å². The Morgan fingerprint density at radius 1 is 1.15 bits per heavy atom. The summed E-state index contributed by atoms with van der Waals surface area (Å²) >= 11 is 6.20. The standard InChI is InChI=1S/C16H11ClO3/c1-9-6-7-11-13(19)8-14(20-16(11)15(9)17)10-4-2-3-5-12(10)18/h2-8,18H,1H3. The minimum atomic E-state index is -0.189. The molecular weight excluding hydrogens is 276 g/mol. The Morgan fingerprint density at radius 3 is 2.65 bits per heavy atom. The molecule has 0 saturated heterocycles. The molecule has 0 saturated carbocycles. The van der Waals surface area contributed by atoms with Crippen molar-refractivity contribution in [2.24, 2.45) is 0 Å². The Morgan fingerprint density at radius 2 is 1.90 bits per heavy atom. The predicted molar refractivity (Wildman–Crippen MR) is 79.3 cm³/mol. The van der Waals surface area contributed by atoms with E-state index in [0.717, 1.165) is 5.56 Å². The lowest BCUT2D eigenvalue weighted by Crippen LogP contribution is -2.01. The molecule has 3 rings (SSSR count). The topological polar surface area (TPSA) is 50.4 Å². The van der Waals surface area contributed by atoms with E-state index in [1.807, 2.05) is 6.92 Å². The summed E-state index contributed by atoms with van der Waals surface area (Å²) in [7, 11) is 0. The Hall–Kier alpha value is -2.26. The summed E-state index contributed by atoms with van der Waals surface area (Å²) in [5.74, 6) is 0.354. The van der Waals surface area contributed by atoms with Crippen LogP contribution in [0.3, 0.4) is 0 Å². The highest BCUT2D eigenvalue weighted by Gasteiger charge is 2.13. The van der Waals surface area contributed by atoms with Crippen molar-refractivity contribution in [3.05, 3.63) is 63.3 Å². The average Bonchev–Trinajstić information content (AvgIpc) is 2.43. The molecule has 1 aromatic heterocycles. The zero-order chi connectivity index (χ0) is 14.3. The lowest BCUT2D eigenvalue weighted by Gasteiger charge is -2.07. The molecule has 0 fully saturated rings. The van der Waals surface area contributed by atoms with Crippen molar-refractivity contribution in [1.82, 2.24) is 0 Å². The molecule has 3 nitrogen and oxygen atoms in total. The quantitative estimate of drug-likeness (QED) is 0.732. The minimum absolute atomic E-state index is 0.0544. The maximum absolute atomic E-state index is 12.1. The van der Waals surface area contributed by atoms with Gasteiger partial charge in [0.15, 0.2) is 11.0 Å². The molecule has 2 aromatic carbocycles. The highest BCUT2D eigenvalue weighted by atomic mass is 35.5. The second-order valence-corrected chi connectivity index (χ2v) is 4.94. The highest BCUT2D eigenvalue weighted by Crippen LogP contribution is 2.32. The van der Waals surface area contributed by atoms with Crippen LogP contribution in [-0.4, -0.2) is 5.11 Å². The van der Waals surface area contributed by atoms with Gasteiger partial charge in [-0.1, -0.05) is 29.8 Å². The van der Waals surface area contributed by atoms with Crippen molar-refractivity contribution >= 4 is 22.6 Å². The normalized spacial score (nSPS) is 10.9. The summed E-state index contributed by atoms with van der Waals surface area (Å²) in [5.41, 5.74) is 1.45. The van der Waals surface area contributed by atoms with Crippen LogP contribution in [0.25, 0.3) is 22.3 Å². The molecule has 0 radical (unpaired) electrons. The van der Waals surface area contributed by atoms with Crippen molar-refractivity contribution < 1.29 is 9.52 Å². The number of hydrogen-bond donors (Lipinski definition) is 1. The van der Waals surface area contributed by atoms with Gasteiger partial charge in [-0.2, -0.15) is 0 Å². The molecule has 100 valence electrons. The fraction of sp³-hybridized carbons (Fsp3) is 0.0625. The van der Waals surface area contributed by atoms with Gasteiger partial charge in [0.05, 0.1) is 16.0 Å². The van der Waals surface area contributed by atoms with E-state index in [-0.39, 0.29) is 11.2 Å². The minimum Gasteiger partial charge on any atom is -0.507 e. The molecule has 1 N–H and O–H groups in total. The lowest BCUT2D eigenvalue weighted by atomic mass is 10.1. The van der Waals surface area contributed by atoms with Crippen LogP contribution in [0, 0.1) is 6.92 Å². The molecule has 0 aliphatic heterocycles. The fourth-order valence-corrected chi connectivity index (χ4v) is 2.30. The number of hydrogen-bond acceptors (Lipinski definition) is 3. The lowest BCUT2D eigenvalue weighted by molar-refractivity contribution is 0.474. The summed E-state index contributed by atoms with van der Waals surface area (Å²) < 4.78 is 5.73. The van der Waals surface area contributed by atoms with E-state index in [2.05, 4.69) is 0 Å². The SMILES string of the molecule is Cc1ccc2c(=O)cc(-c3ccccc3O)oc2c1Cl. The van der Waals surface area contributed by atoms with Crippen LogP contribution in [0.4, 0.5) is 0 Å². The van der Waals surface area contributed by atoms with Gasteiger partial charge >= 0.3 is 0 Å². The molecule has 1 heterocycles. The maximum Gasteiger partial charge on any atom is 0.193 e. The first-order valence-electron chi connectivity index (χ1n) is 6.09. The first-order chi connectivity index (χ1) is 9.58. The van der Waals surface area contributed by atoms with E-state index in [0.29, 0.717) is 27.3 Å². The van der Waals surface area contributed by atoms with Crippen LogP contribution in [0.15, 0.2) is 51.7 Å². The van der Waals surface area contributed by atoms with Gasteiger partial charge in [-0.25, -0.2) is 0 Å². The van der Waals surface area contributed by atoms with E-state index in [1.165, 1.54) is 12.1 Å². The zero-order valence-corrected chi connectivity index (χ0v) is 11.4. The summed E-state index contributed by atoms with van der Waals surface area (Å²) in [5, 5.41) is 10.7. The Bertz CT molecular complexity index is 865. The van der Waals surface area contributed by atoms with E-state index in [1.54, 1.807) is 30.3 Å². The maximum atomic E-state index is 12.1. The smallest absolute Gasteiger partial charge is 0.193 e. The van der Waals surface area contributed by atoms with Crippen LogP contribution in [0.5, 0.6) is 5.75 Å². The summed E-state index contributed by atoms with van der Waals surface area (Å²) in [6, 6.07) is 11.5. The molecule has 0 spiro atoms. The van der Waals surface area contributed by atoms with Crippen LogP contribution in [-0.2, 0) is 0 Å². The van der Waals surface area contributed by atoms with Crippen LogP contribution < -0.4 is 5.43 Å². The van der Waals surface area contributed by atoms with Gasteiger partial charge in [0, 0.05) is 6.07 Å². The molecule has 4 heteroatoms. The van der Waals surface area contributed by atoms with Crippen molar-refractivity contribution in [3.63, 3.8) is 0 Å². The number of para-hydroxylation sites is 1. The molecule has 3 aromatic rings. The summed E-state index contributed by atoms with van der Waals surface area (Å²) in [6.07, 6.45) is 0. The predicted octanol–water partition coefficient (Wildman–Crippen LogP) is 4.13. The van der Waals surface area contributed by atoms with Gasteiger partial charge in [0.1, 0.15) is 11.5 Å². The monoisotopic (exact) mass is 286 g/mol. The highest BCUT2D eigenvalue weighted by molar-refractivity contribution is 6.35. The number of aromatic hydroxyl groups is 1. The molecule has 0 aliphatic carbocycles. The number of benzene rings is 2. The van der Waals surface area contributed by atoms with Crippen LogP contribution in [0.2, 0.25) is 5.02 Å². The average molecular weight is 287 g/mol. The first-order valence-corrected chi connectivity index (χ1v) is 6.47. The molecule has 20 heavy (non-hydrogen) atoms. The second-order valence-electron chi connectivity index (χ2n) is 4.57. The Balaban J connectivity index is 2.38. The number of aryl methyl sites for hydroxylation is 1. The van der Waals surface area contributed by atoms with Gasteiger partial charge < -0.3 is 9.52 Å². The van der Waals surface area contributed by atoms with E-state index in [9.17, 15) is 9.90 Å². The summed E-state index contributed by atoms with van der Waals surface area (Å²) in [4.78, 5) is 12.1. The molecule has 0 aliphatic rings. The fourth-order valence-electron chi connectivity index (χ4n) is 2.10. The van der Waals surface area contributed by atoms with E-state index >= 15 is 0 Å². The molecule has 0 bridgehead atoms. The number of phenols is 1. The molecular formula is C16H11ClO3. The van der Waals surface area contributed by atoms with Crippen molar-refractivity contribution in [1.29, 1.82) is 0 Å². The van der Waals surface area contributed by atoms with Gasteiger partial charge in [-0.3, -0.25) is 4.79 Å². The van der Waals surface area contributed by atoms with Gasteiger partial charge in [-0.15, -0.1) is 0 Å². The first kappa shape index (κ1) is 12.8. The molecule has 0 atom stereocenters. The number of fused-ring (bicyclic) bond motifs is 1. The third-order valence-corrected chi connectivity index (χ3v) is 3.67. The van der Waals surface area contributed by atoms with Crippen LogP contribution >= 0.6 is 11.6 Å². The summed E-state index contributed by atoms with van der Waals surface area (Å²) in [6.45, 7) is 1.84. The third-order valence-electron chi connectivity index (χ3n) is 3.20. The van der Waals surface area contributed by atoms with Crippen molar-refractivity contribution in [2.45, 2.75) is 6.92 Å². The van der Waals surface area contributed by atoms with Gasteiger partial charge in [0.2, 0.25) is 0 Å². The Labute approximate surface area is 120 Å². The largest absolute Gasteiger partial charge is 0.507 e. The van der Waals surface area contributed by atoms with Gasteiger partial charge in [0.25, 0.3) is 0 Å². The van der Waals surface area contributed by atoms with Crippen LogP contribution in [0.1, 0.15) is 5.56 Å². The van der Waals surface area contributed by atoms with E-state index < -0.39 is 0 Å². The zero-order valence-electron chi connectivity index (χ0n) is 10.7. The number of rotatable bonds is 1. The van der Waals surface area contributed by atoms with Gasteiger partial charge in [-0.05, 0) is 30.7 Å². The number of halogens is 1. The third kappa shape index (κ3) is 1.96. The number of phenolic OH excluding ortho intramolecular Hbond substituents is 1.